The number of para-hydroxylation sites is 2. The van der Waals surface area contributed by atoms with Gasteiger partial charge in [-0.2, -0.15) is 0 Å². The second kappa shape index (κ2) is 10.6. The van der Waals surface area contributed by atoms with Crippen molar-refractivity contribution in [2.24, 2.45) is 0 Å². The molecule has 0 atom stereocenters. The maximum Gasteiger partial charge on any atom is 0.0547 e. The van der Waals surface area contributed by atoms with Gasteiger partial charge in [0.15, 0.2) is 0 Å². The summed E-state index contributed by atoms with van der Waals surface area (Å²) >= 11 is 0. The Labute approximate surface area is 295 Å². The maximum atomic E-state index is 2.46. The van der Waals surface area contributed by atoms with Gasteiger partial charge in [0, 0.05) is 32.9 Å². The largest absolute Gasteiger partial charge is 0.309 e. The van der Waals surface area contributed by atoms with E-state index in [9.17, 15) is 0 Å². The zero-order valence-electron chi connectivity index (χ0n) is 28.6. The molecule has 0 aliphatic carbocycles. The predicted octanol–water partition coefficient (Wildman–Crippen LogP) is 13.3. The molecule has 0 N–H and O–H groups in total. The van der Waals surface area contributed by atoms with Gasteiger partial charge >= 0.3 is 0 Å². The summed E-state index contributed by atoms with van der Waals surface area (Å²) in [5, 5.41) is 13.2. The SMILES string of the molecule is CCc1cccc2ccc3c(-c4ccc5c6c4ccc4cccc(c46)n5-c4ccc(-n5c6ccccc6c6ccccc65)cc4)ccc(C)c3c12. The van der Waals surface area contributed by atoms with Gasteiger partial charge in [0.05, 0.1) is 22.1 Å². The van der Waals surface area contributed by atoms with Crippen LogP contribution in [0.3, 0.4) is 0 Å². The van der Waals surface area contributed by atoms with Crippen LogP contribution in [0.15, 0.2) is 158 Å². The first kappa shape index (κ1) is 28.5. The number of aromatic nitrogens is 2. The van der Waals surface area contributed by atoms with Crippen molar-refractivity contribution in [1.29, 1.82) is 0 Å². The number of aryl methyl sites for hydroxylation is 2. The van der Waals surface area contributed by atoms with Gasteiger partial charge in [0.1, 0.15) is 0 Å². The summed E-state index contributed by atoms with van der Waals surface area (Å²) < 4.78 is 4.85. The zero-order chi connectivity index (χ0) is 33.8. The number of hydrogen-bond acceptors (Lipinski definition) is 0. The van der Waals surface area contributed by atoms with Crippen molar-refractivity contribution in [2.45, 2.75) is 20.3 Å². The molecule has 9 aromatic carbocycles. The minimum absolute atomic E-state index is 1.02. The van der Waals surface area contributed by atoms with Crippen LogP contribution in [0.1, 0.15) is 18.1 Å². The quantitative estimate of drug-likeness (QED) is 0.168. The Morgan fingerprint density at radius 3 is 1.57 bits per heavy atom. The summed E-state index contributed by atoms with van der Waals surface area (Å²) in [5.74, 6) is 0. The summed E-state index contributed by atoms with van der Waals surface area (Å²) in [5.41, 5.74) is 12.6. The zero-order valence-corrected chi connectivity index (χ0v) is 28.6. The highest BCUT2D eigenvalue weighted by molar-refractivity contribution is 6.28. The van der Waals surface area contributed by atoms with E-state index in [0.29, 0.717) is 0 Å². The molecule has 0 spiro atoms. The van der Waals surface area contributed by atoms with Gasteiger partial charge < -0.3 is 9.13 Å². The first-order valence-corrected chi connectivity index (χ1v) is 18.0. The van der Waals surface area contributed by atoms with Gasteiger partial charge in [-0.15, -0.1) is 0 Å². The molecule has 240 valence electrons. The first-order chi connectivity index (χ1) is 25.2. The number of benzene rings is 9. The normalized spacial score (nSPS) is 12.2. The van der Waals surface area contributed by atoms with Crippen LogP contribution in [0.25, 0.3) is 98.4 Å². The summed E-state index contributed by atoms with van der Waals surface area (Å²) in [6, 6.07) is 58.7. The lowest BCUT2D eigenvalue weighted by atomic mass is 9.87. The van der Waals surface area contributed by atoms with Crippen molar-refractivity contribution in [3.8, 4) is 22.5 Å². The van der Waals surface area contributed by atoms with Crippen molar-refractivity contribution in [1.82, 2.24) is 9.13 Å². The van der Waals surface area contributed by atoms with Crippen LogP contribution in [-0.4, -0.2) is 9.13 Å². The Hall–Kier alpha value is -6.38. The van der Waals surface area contributed by atoms with E-state index in [1.54, 1.807) is 0 Å². The molecular formula is C49H34N2. The third-order valence-electron chi connectivity index (χ3n) is 11.4. The Bertz CT molecular complexity index is 3120. The van der Waals surface area contributed by atoms with Crippen molar-refractivity contribution in [3.63, 3.8) is 0 Å². The van der Waals surface area contributed by atoms with Crippen molar-refractivity contribution < 1.29 is 0 Å². The van der Waals surface area contributed by atoms with Crippen LogP contribution in [0, 0.1) is 6.92 Å². The lowest BCUT2D eigenvalue weighted by molar-refractivity contribution is 1.14. The fraction of sp³-hybridized carbons (Fsp3) is 0.0612. The second-order valence-corrected chi connectivity index (χ2v) is 14.0. The van der Waals surface area contributed by atoms with E-state index in [2.05, 4.69) is 181 Å². The standard InChI is InChI=1S/C49H34N2/c1-3-31-10-8-11-32-19-26-40-36(25-18-30(2)46(40)47(31)32)37-28-29-45-49-41(37)27-20-33-12-9-17-44(48(33)49)51(45)35-23-21-34(22-24-35)50-42-15-6-4-13-38(42)39-14-5-7-16-43(39)50/h4-29H,3H2,1-2H3. The Balaban J connectivity index is 1.13. The highest BCUT2D eigenvalue weighted by atomic mass is 15.0. The van der Waals surface area contributed by atoms with Gasteiger partial charge in [0.25, 0.3) is 0 Å². The predicted molar refractivity (Wildman–Crippen MR) is 218 cm³/mol. The molecule has 0 amide bonds. The molecule has 0 bridgehead atoms. The van der Waals surface area contributed by atoms with Gasteiger partial charge in [-0.25, -0.2) is 0 Å². The number of nitrogens with zero attached hydrogens (tertiary/aromatic N) is 2. The molecule has 0 saturated carbocycles. The van der Waals surface area contributed by atoms with E-state index >= 15 is 0 Å². The molecule has 0 fully saturated rings. The lowest BCUT2D eigenvalue weighted by Gasteiger charge is -2.16. The van der Waals surface area contributed by atoms with Crippen LogP contribution in [0.2, 0.25) is 0 Å². The average Bonchev–Trinajstić information content (AvgIpc) is 3.71. The molecule has 2 nitrogen and oxygen atoms in total. The molecule has 0 aliphatic rings. The van der Waals surface area contributed by atoms with E-state index in [1.807, 2.05) is 0 Å². The molecule has 0 radical (unpaired) electrons. The van der Waals surface area contributed by atoms with Crippen LogP contribution in [-0.2, 0) is 6.42 Å². The molecule has 2 heteroatoms. The van der Waals surface area contributed by atoms with Crippen molar-refractivity contribution in [3.05, 3.63) is 169 Å². The molecular weight excluding hydrogens is 617 g/mol. The first-order valence-electron chi connectivity index (χ1n) is 18.0. The number of fused-ring (bicyclic) bond motifs is 6. The molecule has 11 aromatic rings. The Morgan fingerprint density at radius 2 is 0.902 bits per heavy atom. The Morgan fingerprint density at radius 1 is 0.373 bits per heavy atom. The van der Waals surface area contributed by atoms with Crippen LogP contribution in [0.4, 0.5) is 0 Å². The highest BCUT2D eigenvalue weighted by Gasteiger charge is 2.21. The summed E-state index contributed by atoms with van der Waals surface area (Å²) in [7, 11) is 0. The van der Waals surface area contributed by atoms with Crippen molar-refractivity contribution >= 4 is 75.9 Å². The fourth-order valence-electron chi connectivity index (χ4n) is 9.15. The number of hydrogen-bond donors (Lipinski definition) is 0. The fourth-order valence-corrected chi connectivity index (χ4v) is 9.15. The van der Waals surface area contributed by atoms with Crippen LogP contribution in [0.5, 0.6) is 0 Å². The number of rotatable bonds is 4. The third kappa shape index (κ3) is 3.88. The third-order valence-corrected chi connectivity index (χ3v) is 11.4. The summed E-state index contributed by atoms with van der Waals surface area (Å²) in [6.45, 7) is 4.53. The van der Waals surface area contributed by atoms with E-state index in [-0.39, 0.29) is 0 Å². The topological polar surface area (TPSA) is 9.86 Å². The van der Waals surface area contributed by atoms with Gasteiger partial charge in [-0.05, 0) is 116 Å². The minimum Gasteiger partial charge on any atom is -0.309 e. The van der Waals surface area contributed by atoms with Gasteiger partial charge in [-0.3, -0.25) is 0 Å². The molecule has 2 aromatic heterocycles. The van der Waals surface area contributed by atoms with Gasteiger partial charge in [0.2, 0.25) is 0 Å². The average molecular weight is 651 g/mol. The molecule has 2 heterocycles. The lowest BCUT2D eigenvalue weighted by Crippen LogP contribution is -1.97. The van der Waals surface area contributed by atoms with E-state index < -0.39 is 0 Å². The molecule has 51 heavy (non-hydrogen) atoms. The van der Waals surface area contributed by atoms with Crippen LogP contribution < -0.4 is 0 Å². The van der Waals surface area contributed by atoms with E-state index in [4.69, 9.17) is 0 Å². The summed E-state index contributed by atoms with van der Waals surface area (Å²) in [4.78, 5) is 0. The Kier molecular flexibility index (Phi) is 5.89. The highest BCUT2D eigenvalue weighted by Crippen LogP contribution is 2.45. The molecule has 0 saturated heterocycles. The smallest absolute Gasteiger partial charge is 0.0547 e. The minimum atomic E-state index is 1.02. The van der Waals surface area contributed by atoms with Crippen LogP contribution >= 0.6 is 0 Å². The van der Waals surface area contributed by atoms with Crippen molar-refractivity contribution in [2.75, 3.05) is 0 Å². The summed E-state index contributed by atoms with van der Waals surface area (Å²) in [6.07, 6.45) is 1.02. The molecule has 11 rings (SSSR count). The van der Waals surface area contributed by atoms with E-state index in [0.717, 1.165) is 17.8 Å². The maximum absolute atomic E-state index is 2.46. The van der Waals surface area contributed by atoms with E-state index in [1.165, 1.54) is 98.2 Å². The molecule has 0 aliphatic heterocycles. The monoisotopic (exact) mass is 650 g/mol. The molecule has 0 unspecified atom stereocenters. The van der Waals surface area contributed by atoms with Gasteiger partial charge in [-0.1, -0.05) is 116 Å². The second-order valence-electron chi connectivity index (χ2n) is 14.0.